The van der Waals surface area contributed by atoms with E-state index in [4.69, 9.17) is 0 Å². The van der Waals surface area contributed by atoms with Gasteiger partial charge in [-0.15, -0.1) is 0 Å². The molecule has 3 aromatic carbocycles. The third-order valence-corrected chi connectivity index (χ3v) is 4.30. The fraction of sp³-hybridized carbons (Fsp3) is 0.143. The Morgan fingerprint density at radius 3 is 2.33 bits per heavy atom. The number of hydrogen-bond acceptors (Lipinski definition) is 2. The molecule has 0 saturated heterocycles. The molecular weight excluding hydrogens is 294 g/mol. The van der Waals surface area contributed by atoms with Crippen LogP contribution < -0.4 is 0 Å². The SMILES string of the molecule is C(=NCCCn1ccnc1)c1c2ccccc2cc2ccccc12. The van der Waals surface area contributed by atoms with Gasteiger partial charge < -0.3 is 4.57 Å². The van der Waals surface area contributed by atoms with Crippen LogP contribution in [-0.4, -0.2) is 22.3 Å². The van der Waals surface area contributed by atoms with Gasteiger partial charge in [0.15, 0.2) is 0 Å². The molecule has 24 heavy (non-hydrogen) atoms. The van der Waals surface area contributed by atoms with Crippen LogP contribution in [0.5, 0.6) is 0 Å². The Hall–Kier alpha value is -2.94. The average molecular weight is 313 g/mol. The van der Waals surface area contributed by atoms with Crippen LogP contribution in [0.3, 0.4) is 0 Å². The quantitative estimate of drug-likeness (QED) is 0.298. The summed E-state index contributed by atoms with van der Waals surface area (Å²) in [7, 11) is 0. The fourth-order valence-corrected chi connectivity index (χ4v) is 3.11. The summed E-state index contributed by atoms with van der Waals surface area (Å²) in [5.41, 5.74) is 1.21. The summed E-state index contributed by atoms with van der Waals surface area (Å²) in [4.78, 5) is 8.74. The highest BCUT2D eigenvalue weighted by molar-refractivity contribution is 6.13. The Bertz CT molecular complexity index is 931. The zero-order valence-electron chi connectivity index (χ0n) is 13.5. The van der Waals surface area contributed by atoms with Crippen molar-refractivity contribution in [3.05, 3.63) is 78.9 Å². The second kappa shape index (κ2) is 6.67. The lowest BCUT2D eigenvalue weighted by molar-refractivity contribution is 0.651. The standard InChI is InChI=1S/C21H19N3/c1-3-8-19-17(6-1)14-18-7-2-4-9-20(18)21(19)15-22-10-5-12-24-13-11-23-16-24/h1-4,6-9,11,13-16H,5,10,12H2. The molecule has 0 saturated carbocycles. The van der Waals surface area contributed by atoms with Crippen molar-refractivity contribution in [2.75, 3.05) is 6.54 Å². The molecule has 4 aromatic rings. The Kier molecular flexibility index (Phi) is 4.07. The number of aryl methyl sites for hydroxylation is 1. The molecule has 0 atom stereocenters. The molecule has 1 heterocycles. The van der Waals surface area contributed by atoms with Crippen molar-refractivity contribution in [1.29, 1.82) is 0 Å². The summed E-state index contributed by atoms with van der Waals surface area (Å²) >= 11 is 0. The highest BCUT2D eigenvalue weighted by Gasteiger charge is 2.04. The molecule has 0 aliphatic rings. The van der Waals surface area contributed by atoms with Crippen LogP contribution in [-0.2, 0) is 6.54 Å². The van der Waals surface area contributed by atoms with E-state index in [9.17, 15) is 0 Å². The first-order valence-electron chi connectivity index (χ1n) is 8.28. The van der Waals surface area contributed by atoms with Crippen LogP contribution in [0.2, 0.25) is 0 Å². The second-order valence-electron chi connectivity index (χ2n) is 5.92. The summed E-state index contributed by atoms with van der Waals surface area (Å²) < 4.78 is 2.09. The molecule has 0 fully saturated rings. The third kappa shape index (κ3) is 2.93. The lowest BCUT2D eigenvalue weighted by Gasteiger charge is -2.08. The minimum absolute atomic E-state index is 0.815. The van der Waals surface area contributed by atoms with E-state index in [1.807, 2.05) is 24.9 Å². The predicted octanol–water partition coefficient (Wildman–Crippen LogP) is 4.70. The van der Waals surface area contributed by atoms with Gasteiger partial charge in [-0.2, -0.15) is 0 Å². The highest BCUT2D eigenvalue weighted by Crippen LogP contribution is 2.27. The maximum atomic E-state index is 4.68. The average Bonchev–Trinajstić information content (AvgIpc) is 3.14. The maximum Gasteiger partial charge on any atom is 0.0945 e. The number of aliphatic imine (C=N–C) groups is 1. The molecule has 118 valence electrons. The van der Waals surface area contributed by atoms with Crippen LogP contribution >= 0.6 is 0 Å². The maximum absolute atomic E-state index is 4.68. The molecule has 3 nitrogen and oxygen atoms in total. The molecule has 0 N–H and O–H groups in total. The van der Waals surface area contributed by atoms with Gasteiger partial charge in [-0.3, -0.25) is 4.99 Å². The number of fused-ring (bicyclic) bond motifs is 2. The molecule has 0 aliphatic heterocycles. The largest absolute Gasteiger partial charge is 0.337 e. The normalized spacial score (nSPS) is 11.7. The predicted molar refractivity (Wildman–Crippen MR) is 101 cm³/mol. The molecule has 0 radical (unpaired) electrons. The van der Waals surface area contributed by atoms with E-state index < -0.39 is 0 Å². The summed E-state index contributed by atoms with van der Waals surface area (Å²) in [6, 6.07) is 19.3. The van der Waals surface area contributed by atoms with E-state index in [1.165, 1.54) is 27.1 Å². The van der Waals surface area contributed by atoms with Gasteiger partial charge >= 0.3 is 0 Å². The van der Waals surface area contributed by atoms with Gasteiger partial charge in [0, 0.05) is 37.3 Å². The molecule has 0 unspecified atom stereocenters. The topological polar surface area (TPSA) is 30.2 Å². The number of benzene rings is 3. The Morgan fingerprint density at radius 1 is 0.958 bits per heavy atom. The molecule has 0 aliphatic carbocycles. The van der Waals surface area contributed by atoms with Crippen molar-refractivity contribution in [3.8, 4) is 0 Å². The lowest BCUT2D eigenvalue weighted by Crippen LogP contribution is -1.96. The second-order valence-corrected chi connectivity index (χ2v) is 5.92. The summed E-state index contributed by atoms with van der Waals surface area (Å²) in [5, 5.41) is 5.04. The Morgan fingerprint density at radius 2 is 1.67 bits per heavy atom. The molecule has 4 rings (SSSR count). The van der Waals surface area contributed by atoms with Crippen molar-refractivity contribution in [2.45, 2.75) is 13.0 Å². The third-order valence-electron chi connectivity index (χ3n) is 4.30. The molecule has 0 spiro atoms. The van der Waals surface area contributed by atoms with Gasteiger partial charge in [-0.25, -0.2) is 4.98 Å². The summed E-state index contributed by atoms with van der Waals surface area (Å²) in [5.74, 6) is 0. The summed E-state index contributed by atoms with van der Waals surface area (Å²) in [6.45, 7) is 1.77. The van der Waals surface area contributed by atoms with Gasteiger partial charge in [-0.1, -0.05) is 48.5 Å². The van der Waals surface area contributed by atoms with Gasteiger partial charge in [0.25, 0.3) is 0 Å². The molecule has 0 bridgehead atoms. The van der Waals surface area contributed by atoms with Gasteiger partial charge in [-0.05, 0) is 34.0 Å². The zero-order valence-corrected chi connectivity index (χ0v) is 13.5. The number of aromatic nitrogens is 2. The minimum atomic E-state index is 0.815. The van der Waals surface area contributed by atoms with Crippen molar-refractivity contribution < 1.29 is 0 Å². The minimum Gasteiger partial charge on any atom is -0.337 e. The van der Waals surface area contributed by atoms with Crippen molar-refractivity contribution >= 4 is 27.8 Å². The van der Waals surface area contributed by atoms with Gasteiger partial charge in [0.05, 0.1) is 6.33 Å². The molecule has 0 amide bonds. The fourth-order valence-electron chi connectivity index (χ4n) is 3.11. The monoisotopic (exact) mass is 313 g/mol. The summed E-state index contributed by atoms with van der Waals surface area (Å²) in [6.07, 6.45) is 8.70. The van der Waals surface area contributed by atoms with E-state index in [1.54, 1.807) is 0 Å². The first-order valence-corrected chi connectivity index (χ1v) is 8.28. The molecule has 1 aromatic heterocycles. The molecular formula is C21H19N3. The zero-order chi connectivity index (χ0) is 16.2. The van der Waals surface area contributed by atoms with E-state index >= 15 is 0 Å². The van der Waals surface area contributed by atoms with E-state index in [-0.39, 0.29) is 0 Å². The van der Waals surface area contributed by atoms with Crippen LogP contribution in [0.4, 0.5) is 0 Å². The lowest BCUT2D eigenvalue weighted by atomic mass is 9.97. The smallest absolute Gasteiger partial charge is 0.0945 e. The van der Waals surface area contributed by atoms with E-state index in [0.717, 1.165) is 19.5 Å². The molecule has 3 heteroatoms. The van der Waals surface area contributed by atoms with E-state index in [0.29, 0.717) is 0 Å². The number of imidazole rings is 1. The van der Waals surface area contributed by atoms with Crippen molar-refractivity contribution in [1.82, 2.24) is 9.55 Å². The van der Waals surface area contributed by atoms with Crippen LogP contribution in [0.1, 0.15) is 12.0 Å². The van der Waals surface area contributed by atoms with Gasteiger partial charge in [0.2, 0.25) is 0 Å². The number of nitrogens with zero attached hydrogens (tertiary/aromatic N) is 3. The Labute approximate surface area is 141 Å². The number of hydrogen-bond donors (Lipinski definition) is 0. The Balaban J connectivity index is 1.62. The van der Waals surface area contributed by atoms with Crippen LogP contribution in [0.25, 0.3) is 21.5 Å². The van der Waals surface area contributed by atoms with Crippen molar-refractivity contribution in [2.24, 2.45) is 4.99 Å². The van der Waals surface area contributed by atoms with Crippen LogP contribution in [0, 0.1) is 0 Å². The first kappa shape index (κ1) is 14.6. The van der Waals surface area contributed by atoms with E-state index in [2.05, 4.69) is 69.1 Å². The van der Waals surface area contributed by atoms with Crippen molar-refractivity contribution in [3.63, 3.8) is 0 Å². The number of rotatable bonds is 5. The van der Waals surface area contributed by atoms with Gasteiger partial charge in [0.1, 0.15) is 0 Å². The first-order chi connectivity index (χ1) is 11.9. The van der Waals surface area contributed by atoms with Crippen LogP contribution in [0.15, 0.2) is 78.3 Å². The highest BCUT2D eigenvalue weighted by atomic mass is 15.0.